The lowest BCUT2D eigenvalue weighted by atomic mass is 9.98. The summed E-state index contributed by atoms with van der Waals surface area (Å²) in [5.41, 5.74) is 3.86. The lowest BCUT2D eigenvalue weighted by molar-refractivity contribution is 0.474. The third-order valence-electron chi connectivity index (χ3n) is 3.68. The van der Waals surface area contributed by atoms with Crippen molar-refractivity contribution in [1.29, 1.82) is 0 Å². The van der Waals surface area contributed by atoms with Gasteiger partial charge in [-0.2, -0.15) is 0 Å². The van der Waals surface area contributed by atoms with Crippen molar-refractivity contribution < 1.29 is 13.9 Å². The summed E-state index contributed by atoms with van der Waals surface area (Å²) in [4.78, 5) is 0. The molecule has 0 radical (unpaired) electrons. The van der Waals surface area contributed by atoms with Crippen LogP contribution in [0.25, 0.3) is 0 Å². The van der Waals surface area contributed by atoms with Crippen molar-refractivity contribution in [2.75, 3.05) is 0 Å². The minimum absolute atomic E-state index is 0.196. The summed E-state index contributed by atoms with van der Waals surface area (Å²) in [6.07, 6.45) is 1.23. The number of halogens is 2. The fraction of sp³-hybridized carbons (Fsp3) is 0.100. The van der Waals surface area contributed by atoms with Crippen molar-refractivity contribution >= 4 is 0 Å². The molecule has 3 aromatic rings. The Morgan fingerprint density at radius 3 is 1.35 bits per heavy atom. The summed E-state index contributed by atoms with van der Waals surface area (Å²) in [6.45, 7) is 0. The molecule has 0 atom stereocenters. The van der Waals surface area contributed by atoms with E-state index in [1.807, 2.05) is 6.07 Å². The monoisotopic (exact) mass is 310 g/mol. The van der Waals surface area contributed by atoms with Crippen LogP contribution in [0.1, 0.15) is 22.3 Å². The number of hydrogen-bond donors (Lipinski definition) is 1. The molecule has 0 bridgehead atoms. The molecule has 1 N–H and O–H groups in total. The highest BCUT2D eigenvalue weighted by Gasteiger charge is 2.04. The van der Waals surface area contributed by atoms with E-state index in [9.17, 15) is 13.9 Å². The minimum Gasteiger partial charge on any atom is -0.508 e. The molecule has 3 rings (SSSR count). The van der Waals surface area contributed by atoms with Crippen LogP contribution >= 0.6 is 0 Å². The first-order valence-corrected chi connectivity index (χ1v) is 7.39. The summed E-state index contributed by atoms with van der Waals surface area (Å²) in [5, 5.41) is 9.92. The molecule has 0 saturated carbocycles. The molecule has 3 heteroatoms. The maximum absolute atomic E-state index is 13.0. The second-order valence-electron chi connectivity index (χ2n) is 5.61. The third-order valence-corrected chi connectivity index (χ3v) is 3.68. The third kappa shape index (κ3) is 4.16. The molecular formula is C20H16F2O. The standard InChI is InChI=1S/C20H16F2O/c21-18-5-1-14(2-6-18)9-16-11-17(13-20(23)12-16)10-15-3-7-19(22)8-4-15/h1-8,11-13,23H,9-10H2. The van der Waals surface area contributed by atoms with E-state index in [2.05, 4.69) is 0 Å². The summed E-state index contributed by atoms with van der Waals surface area (Å²) < 4.78 is 25.9. The number of phenols is 1. The van der Waals surface area contributed by atoms with E-state index in [-0.39, 0.29) is 17.4 Å². The molecule has 0 amide bonds. The molecule has 0 heterocycles. The first kappa shape index (κ1) is 15.2. The first-order chi connectivity index (χ1) is 11.1. The van der Waals surface area contributed by atoms with E-state index in [4.69, 9.17) is 0 Å². The van der Waals surface area contributed by atoms with Gasteiger partial charge in [0.15, 0.2) is 0 Å². The molecule has 1 nitrogen and oxygen atoms in total. The Labute approximate surface area is 133 Å². The van der Waals surface area contributed by atoms with E-state index >= 15 is 0 Å². The number of rotatable bonds is 4. The van der Waals surface area contributed by atoms with Crippen molar-refractivity contribution in [3.05, 3.63) is 101 Å². The van der Waals surface area contributed by atoms with Gasteiger partial charge in [-0.15, -0.1) is 0 Å². The van der Waals surface area contributed by atoms with Crippen LogP contribution in [0.2, 0.25) is 0 Å². The van der Waals surface area contributed by atoms with Gasteiger partial charge in [-0.25, -0.2) is 8.78 Å². The Hall–Kier alpha value is -2.68. The fourth-order valence-corrected chi connectivity index (χ4v) is 2.62. The average molecular weight is 310 g/mol. The summed E-state index contributed by atoms with van der Waals surface area (Å²) in [7, 11) is 0. The summed E-state index contributed by atoms with van der Waals surface area (Å²) in [6, 6.07) is 18.1. The zero-order valence-corrected chi connectivity index (χ0v) is 12.5. The number of benzene rings is 3. The van der Waals surface area contributed by atoms with E-state index in [0.717, 1.165) is 22.3 Å². The van der Waals surface area contributed by atoms with Gasteiger partial charge in [0.25, 0.3) is 0 Å². The van der Waals surface area contributed by atoms with Gasteiger partial charge in [-0.1, -0.05) is 30.3 Å². The molecule has 23 heavy (non-hydrogen) atoms. The SMILES string of the molecule is Oc1cc(Cc2ccc(F)cc2)cc(Cc2ccc(F)cc2)c1. The molecule has 116 valence electrons. The predicted octanol–water partition coefficient (Wildman–Crippen LogP) is 4.85. The Kier molecular flexibility index (Phi) is 4.38. The van der Waals surface area contributed by atoms with Gasteiger partial charge in [0.05, 0.1) is 0 Å². The zero-order valence-electron chi connectivity index (χ0n) is 12.5. The number of aromatic hydroxyl groups is 1. The molecule has 0 aliphatic heterocycles. The minimum atomic E-state index is -0.262. The highest BCUT2D eigenvalue weighted by atomic mass is 19.1. The van der Waals surface area contributed by atoms with Crippen LogP contribution in [-0.4, -0.2) is 5.11 Å². The van der Waals surface area contributed by atoms with Crippen LogP contribution in [0.5, 0.6) is 5.75 Å². The van der Waals surface area contributed by atoms with Gasteiger partial charge in [0.2, 0.25) is 0 Å². The molecule has 0 spiro atoms. The van der Waals surface area contributed by atoms with E-state index in [0.29, 0.717) is 12.8 Å². The van der Waals surface area contributed by atoms with Crippen molar-refractivity contribution in [2.45, 2.75) is 12.8 Å². The molecule has 0 unspecified atom stereocenters. The smallest absolute Gasteiger partial charge is 0.123 e. The first-order valence-electron chi connectivity index (χ1n) is 7.39. The molecule has 0 saturated heterocycles. The maximum Gasteiger partial charge on any atom is 0.123 e. The normalized spacial score (nSPS) is 10.7. The molecule has 3 aromatic carbocycles. The Morgan fingerprint density at radius 2 is 0.957 bits per heavy atom. The van der Waals surface area contributed by atoms with Gasteiger partial charge in [0, 0.05) is 0 Å². The van der Waals surface area contributed by atoms with Crippen molar-refractivity contribution in [2.24, 2.45) is 0 Å². The molecule has 0 aliphatic rings. The quantitative estimate of drug-likeness (QED) is 0.730. The average Bonchev–Trinajstić information content (AvgIpc) is 2.51. The predicted molar refractivity (Wildman–Crippen MR) is 86.5 cm³/mol. The Morgan fingerprint density at radius 1 is 0.565 bits per heavy atom. The van der Waals surface area contributed by atoms with Crippen LogP contribution in [0.3, 0.4) is 0 Å². The van der Waals surface area contributed by atoms with Crippen LogP contribution < -0.4 is 0 Å². The summed E-state index contributed by atoms with van der Waals surface area (Å²) >= 11 is 0. The van der Waals surface area contributed by atoms with Gasteiger partial charge in [-0.3, -0.25) is 0 Å². The number of phenolic OH excluding ortho intramolecular Hbond substituents is 1. The van der Waals surface area contributed by atoms with Crippen molar-refractivity contribution in [1.82, 2.24) is 0 Å². The van der Waals surface area contributed by atoms with Crippen LogP contribution in [-0.2, 0) is 12.8 Å². The summed E-state index contributed by atoms with van der Waals surface area (Å²) in [5.74, 6) is -0.329. The highest BCUT2D eigenvalue weighted by Crippen LogP contribution is 2.21. The highest BCUT2D eigenvalue weighted by molar-refractivity contribution is 5.38. The number of hydrogen-bond acceptors (Lipinski definition) is 1. The van der Waals surface area contributed by atoms with E-state index in [1.54, 1.807) is 36.4 Å². The van der Waals surface area contributed by atoms with Gasteiger partial charge in [0.1, 0.15) is 17.4 Å². The Balaban J connectivity index is 1.81. The van der Waals surface area contributed by atoms with Crippen molar-refractivity contribution in [3.8, 4) is 5.75 Å². The van der Waals surface area contributed by atoms with Gasteiger partial charge in [-0.05, 0) is 71.5 Å². The zero-order chi connectivity index (χ0) is 16.2. The van der Waals surface area contributed by atoms with Crippen LogP contribution in [0.4, 0.5) is 8.78 Å². The largest absolute Gasteiger partial charge is 0.508 e. The van der Waals surface area contributed by atoms with Gasteiger partial charge < -0.3 is 5.11 Å². The van der Waals surface area contributed by atoms with E-state index < -0.39 is 0 Å². The van der Waals surface area contributed by atoms with Crippen LogP contribution in [0, 0.1) is 11.6 Å². The topological polar surface area (TPSA) is 20.2 Å². The molecule has 0 aliphatic carbocycles. The lowest BCUT2D eigenvalue weighted by Gasteiger charge is -2.08. The second kappa shape index (κ2) is 6.61. The fourth-order valence-electron chi connectivity index (χ4n) is 2.62. The van der Waals surface area contributed by atoms with Gasteiger partial charge >= 0.3 is 0 Å². The molecule has 0 fully saturated rings. The van der Waals surface area contributed by atoms with E-state index in [1.165, 1.54) is 24.3 Å². The second-order valence-corrected chi connectivity index (χ2v) is 5.61. The molecule has 0 aromatic heterocycles. The Bertz CT molecular complexity index is 727. The van der Waals surface area contributed by atoms with Crippen LogP contribution in [0.15, 0.2) is 66.7 Å². The maximum atomic E-state index is 13.0. The lowest BCUT2D eigenvalue weighted by Crippen LogP contribution is -1.93. The molecular weight excluding hydrogens is 294 g/mol. The van der Waals surface area contributed by atoms with Crippen molar-refractivity contribution in [3.63, 3.8) is 0 Å².